The van der Waals surface area contributed by atoms with Crippen LogP contribution in [0.2, 0.25) is 0 Å². The summed E-state index contributed by atoms with van der Waals surface area (Å²) in [5.74, 6) is -1.58. The molecule has 0 atom stereocenters. The van der Waals surface area contributed by atoms with Gasteiger partial charge >= 0.3 is 5.97 Å². The predicted octanol–water partition coefficient (Wildman–Crippen LogP) is 2.33. The van der Waals surface area contributed by atoms with Crippen molar-refractivity contribution < 1.29 is 23.8 Å². The molecule has 17 heavy (non-hydrogen) atoms. The van der Waals surface area contributed by atoms with Gasteiger partial charge in [-0.2, -0.15) is 0 Å². The van der Waals surface area contributed by atoms with Crippen molar-refractivity contribution in [3.05, 3.63) is 29.6 Å². The van der Waals surface area contributed by atoms with Crippen LogP contribution in [0.25, 0.3) is 0 Å². The van der Waals surface area contributed by atoms with Crippen LogP contribution in [0, 0.1) is 5.82 Å². The number of carboxylic acids is 1. The van der Waals surface area contributed by atoms with Gasteiger partial charge in [0.25, 0.3) is 0 Å². The summed E-state index contributed by atoms with van der Waals surface area (Å²) in [5.41, 5.74) is -0.0295. The molecule has 0 bridgehead atoms. The molecule has 5 heteroatoms. The second-order valence-corrected chi connectivity index (χ2v) is 3.49. The molecule has 0 heterocycles. The number of halogens is 1. The van der Waals surface area contributed by atoms with Crippen molar-refractivity contribution in [1.82, 2.24) is 0 Å². The van der Waals surface area contributed by atoms with Crippen LogP contribution in [-0.2, 0) is 4.74 Å². The summed E-state index contributed by atoms with van der Waals surface area (Å²) in [7, 11) is 1.61. The summed E-state index contributed by atoms with van der Waals surface area (Å²) < 4.78 is 23.1. The third-order valence-electron chi connectivity index (χ3n) is 2.17. The number of hydrogen-bond donors (Lipinski definition) is 1. The third-order valence-corrected chi connectivity index (χ3v) is 2.17. The summed E-state index contributed by atoms with van der Waals surface area (Å²) in [6.45, 7) is 0.964. The molecule has 0 aliphatic heterocycles. The van der Waals surface area contributed by atoms with Gasteiger partial charge in [-0.25, -0.2) is 9.18 Å². The van der Waals surface area contributed by atoms with Gasteiger partial charge in [-0.3, -0.25) is 0 Å². The third kappa shape index (κ3) is 4.40. The quantitative estimate of drug-likeness (QED) is 0.745. The average Bonchev–Trinajstić information content (AvgIpc) is 2.28. The Bertz CT molecular complexity index is 379. The van der Waals surface area contributed by atoms with Gasteiger partial charge in [-0.1, -0.05) is 0 Å². The normalized spacial score (nSPS) is 10.2. The van der Waals surface area contributed by atoms with E-state index in [4.69, 9.17) is 14.6 Å². The zero-order valence-electron chi connectivity index (χ0n) is 9.61. The maximum absolute atomic E-state index is 12.9. The van der Waals surface area contributed by atoms with Gasteiger partial charge in [0.1, 0.15) is 17.1 Å². The highest BCUT2D eigenvalue weighted by atomic mass is 19.1. The Kier molecular flexibility index (Phi) is 5.42. The Morgan fingerprint density at radius 3 is 2.71 bits per heavy atom. The first-order chi connectivity index (χ1) is 8.15. The van der Waals surface area contributed by atoms with E-state index in [1.54, 1.807) is 7.11 Å². The van der Waals surface area contributed by atoms with Crippen LogP contribution in [0.1, 0.15) is 23.2 Å². The molecule has 0 aliphatic rings. The van der Waals surface area contributed by atoms with Crippen molar-refractivity contribution in [3.63, 3.8) is 0 Å². The smallest absolute Gasteiger partial charge is 0.339 e. The number of carboxylic acid groups (broad SMARTS) is 1. The first kappa shape index (κ1) is 13.4. The van der Waals surface area contributed by atoms with E-state index in [-0.39, 0.29) is 11.3 Å². The topological polar surface area (TPSA) is 55.8 Å². The highest BCUT2D eigenvalue weighted by Crippen LogP contribution is 2.20. The molecule has 1 aromatic rings. The fourth-order valence-electron chi connectivity index (χ4n) is 1.32. The standard InChI is InChI=1S/C12H15FO4/c1-16-6-2-3-7-17-11-8-9(13)4-5-10(11)12(14)15/h4-5,8H,2-3,6-7H2,1H3,(H,14,15). The van der Waals surface area contributed by atoms with Crippen LogP contribution >= 0.6 is 0 Å². The van der Waals surface area contributed by atoms with Crippen molar-refractivity contribution in [2.75, 3.05) is 20.3 Å². The summed E-state index contributed by atoms with van der Waals surface area (Å²) >= 11 is 0. The highest BCUT2D eigenvalue weighted by Gasteiger charge is 2.11. The fourth-order valence-corrected chi connectivity index (χ4v) is 1.32. The molecule has 0 fully saturated rings. The lowest BCUT2D eigenvalue weighted by molar-refractivity contribution is 0.0692. The molecule has 94 valence electrons. The van der Waals surface area contributed by atoms with Crippen molar-refractivity contribution in [3.8, 4) is 5.75 Å². The SMILES string of the molecule is COCCCCOc1cc(F)ccc1C(=O)O. The number of unbranched alkanes of at least 4 members (excludes halogenated alkanes) is 1. The lowest BCUT2D eigenvalue weighted by Crippen LogP contribution is -2.05. The summed E-state index contributed by atoms with van der Waals surface area (Å²) in [6, 6.07) is 3.38. The van der Waals surface area contributed by atoms with Gasteiger partial charge < -0.3 is 14.6 Å². The van der Waals surface area contributed by atoms with Crippen LogP contribution < -0.4 is 4.74 Å². The monoisotopic (exact) mass is 242 g/mol. The zero-order valence-corrected chi connectivity index (χ0v) is 9.61. The van der Waals surface area contributed by atoms with Crippen molar-refractivity contribution >= 4 is 5.97 Å². The Morgan fingerprint density at radius 1 is 1.35 bits per heavy atom. The van der Waals surface area contributed by atoms with Gasteiger partial charge in [-0.05, 0) is 25.0 Å². The van der Waals surface area contributed by atoms with Gasteiger partial charge in [0.2, 0.25) is 0 Å². The number of benzene rings is 1. The highest BCUT2D eigenvalue weighted by molar-refractivity contribution is 5.90. The van der Waals surface area contributed by atoms with Gasteiger partial charge in [-0.15, -0.1) is 0 Å². The lowest BCUT2D eigenvalue weighted by Gasteiger charge is -2.08. The number of aromatic carboxylic acids is 1. The van der Waals surface area contributed by atoms with Gasteiger partial charge in [0.05, 0.1) is 6.61 Å². The summed E-state index contributed by atoms with van der Waals surface area (Å²) in [4.78, 5) is 10.8. The molecule has 0 spiro atoms. The second kappa shape index (κ2) is 6.85. The largest absolute Gasteiger partial charge is 0.493 e. The zero-order chi connectivity index (χ0) is 12.7. The Balaban J connectivity index is 2.56. The van der Waals surface area contributed by atoms with E-state index in [9.17, 15) is 9.18 Å². The van der Waals surface area contributed by atoms with Crippen LogP contribution in [0.4, 0.5) is 4.39 Å². The van der Waals surface area contributed by atoms with E-state index in [0.717, 1.165) is 25.0 Å². The van der Waals surface area contributed by atoms with Crippen molar-refractivity contribution in [1.29, 1.82) is 0 Å². The molecule has 0 amide bonds. The number of carbonyl (C=O) groups is 1. The first-order valence-electron chi connectivity index (χ1n) is 5.29. The van der Waals surface area contributed by atoms with E-state index < -0.39 is 11.8 Å². The predicted molar refractivity (Wildman–Crippen MR) is 60.0 cm³/mol. The van der Waals surface area contributed by atoms with Gasteiger partial charge in [0.15, 0.2) is 0 Å². The molecule has 1 N–H and O–H groups in total. The Hall–Kier alpha value is -1.62. The molecular weight excluding hydrogens is 227 g/mol. The van der Waals surface area contributed by atoms with Crippen molar-refractivity contribution in [2.24, 2.45) is 0 Å². The van der Waals surface area contributed by atoms with Crippen LogP contribution in [-0.4, -0.2) is 31.4 Å². The lowest BCUT2D eigenvalue weighted by atomic mass is 10.2. The van der Waals surface area contributed by atoms with Crippen LogP contribution in [0.5, 0.6) is 5.75 Å². The Labute approximate surface area is 99.0 Å². The second-order valence-electron chi connectivity index (χ2n) is 3.49. The molecule has 0 unspecified atom stereocenters. The minimum atomic E-state index is -1.13. The average molecular weight is 242 g/mol. The molecule has 1 aromatic carbocycles. The van der Waals surface area contributed by atoms with Crippen LogP contribution in [0.3, 0.4) is 0 Å². The van der Waals surface area contributed by atoms with E-state index >= 15 is 0 Å². The number of rotatable bonds is 7. The van der Waals surface area contributed by atoms with E-state index in [1.165, 1.54) is 6.07 Å². The van der Waals surface area contributed by atoms with Crippen LogP contribution in [0.15, 0.2) is 18.2 Å². The molecular formula is C12H15FO4. The minimum Gasteiger partial charge on any atom is -0.493 e. The molecule has 0 saturated heterocycles. The summed E-state index contributed by atoms with van der Waals surface area (Å²) in [5, 5.41) is 8.87. The fraction of sp³-hybridized carbons (Fsp3) is 0.417. The van der Waals surface area contributed by atoms with E-state index in [1.807, 2.05) is 0 Å². The first-order valence-corrected chi connectivity index (χ1v) is 5.29. The summed E-state index contributed by atoms with van der Waals surface area (Å²) in [6.07, 6.45) is 1.54. The van der Waals surface area contributed by atoms with E-state index in [0.29, 0.717) is 13.2 Å². The molecule has 0 aromatic heterocycles. The molecule has 0 saturated carbocycles. The number of hydrogen-bond acceptors (Lipinski definition) is 3. The Morgan fingerprint density at radius 2 is 2.06 bits per heavy atom. The molecule has 1 rings (SSSR count). The van der Waals surface area contributed by atoms with Crippen molar-refractivity contribution in [2.45, 2.75) is 12.8 Å². The molecule has 0 radical (unpaired) electrons. The molecule has 0 aliphatic carbocycles. The maximum Gasteiger partial charge on any atom is 0.339 e. The maximum atomic E-state index is 12.9. The number of methoxy groups -OCH3 is 1. The number of ether oxygens (including phenoxy) is 2. The van der Waals surface area contributed by atoms with E-state index in [2.05, 4.69) is 0 Å². The minimum absolute atomic E-state index is 0.0295. The van der Waals surface area contributed by atoms with Gasteiger partial charge in [0, 0.05) is 19.8 Å². The molecule has 4 nitrogen and oxygen atoms in total.